The van der Waals surface area contributed by atoms with Crippen LogP contribution in [0.25, 0.3) is 0 Å². The Morgan fingerprint density at radius 1 is 1.07 bits per heavy atom. The van der Waals surface area contributed by atoms with Crippen molar-refractivity contribution in [3.8, 4) is 0 Å². The van der Waals surface area contributed by atoms with Gasteiger partial charge >= 0.3 is 0 Å². The normalized spacial score (nSPS) is 36.4. The van der Waals surface area contributed by atoms with Crippen molar-refractivity contribution < 1.29 is 0 Å². The first-order valence-electron chi connectivity index (χ1n) is 6.22. The molecule has 2 unspecified atom stereocenters. The Labute approximate surface area is 88.1 Å². The summed E-state index contributed by atoms with van der Waals surface area (Å²) in [6.07, 6.45) is 7.05. The summed E-state index contributed by atoms with van der Waals surface area (Å²) in [4.78, 5) is 2.74. The number of piperidine rings is 1. The van der Waals surface area contributed by atoms with Gasteiger partial charge in [-0.05, 0) is 51.7 Å². The summed E-state index contributed by atoms with van der Waals surface area (Å²) in [5, 5.41) is 3.40. The van der Waals surface area contributed by atoms with Crippen molar-refractivity contribution in [3.63, 3.8) is 0 Å². The van der Waals surface area contributed by atoms with Gasteiger partial charge in [0.15, 0.2) is 0 Å². The van der Waals surface area contributed by atoms with E-state index in [1.165, 1.54) is 45.2 Å². The minimum Gasteiger partial charge on any atom is -0.317 e. The zero-order chi connectivity index (χ0) is 9.97. The predicted molar refractivity (Wildman–Crippen MR) is 60.5 cm³/mol. The van der Waals surface area contributed by atoms with E-state index in [2.05, 4.69) is 24.2 Å². The molecule has 82 valence electrons. The Bertz CT molecular complexity index is 173. The van der Waals surface area contributed by atoms with E-state index in [9.17, 15) is 0 Å². The quantitative estimate of drug-likeness (QED) is 0.725. The first-order valence-corrected chi connectivity index (χ1v) is 6.22. The Kier molecular flexibility index (Phi) is 3.45. The van der Waals surface area contributed by atoms with Gasteiger partial charge in [-0.25, -0.2) is 0 Å². The second-order valence-corrected chi connectivity index (χ2v) is 5.07. The molecular weight excluding hydrogens is 172 g/mol. The molecule has 0 aromatic carbocycles. The molecule has 2 atom stereocenters. The molecule has 0 spiro atoms. The molecule has 2 heteroatoms. The van der Waals surface area contributed by atoms with Crippen LogP contribution >= 0.6 is 0 Å². The molecule has 0 bridgehead atoms. The lowest BCUT2D eigenvalue weighted by atomic mass is 9.99. The topological polar surface area (TPSA) is 15.3 Å². The second kappa shape index (κ2) is 4.63. The van der Waals surface area contributed by atoms with Crippen LogP contribution in [-0.2, 0) is 0 Å². The summed E-state index contributed by atoms with van der Waals surface area (Å²) in [6.45, 7) is 5.07. The summed E-state index contributed by atoms with van der Waals surface area (Å²) in [5.41, 5.74) is 0. The lowest BCUT2D eigenvalue weighted by Crippen LogP contribution is -2.46. The molecule has 1 saturated heterocycles. The van der Waals surface area contributed by atoms with Crippen molar-refractivity contribution in [1.82, 2.24) is 10.2 Å². The molecule has 1 N–H and O–H groups in total. The fourth-order valence-electron chi connectivity index (χ4n) is 3.19. The van der Waals surface area contributed by atoms with Crippen LogP contribution in [-0.4, -0.2) is 37.1 Å². The molecule has 2 rings (SSSR count). The van der Waals surface area contributed by atoms with Crippen molar-refractivity contribution >= 4 is 0 Å². The third-order valence-electron chi connectivity index (χ3n) is 4.22. The SMILES string of the molecule is CNC1CCN(C2CCCC2C)CC1. The lowest BCUT2D eigenvalue weighted by molar-refractivity contribution is 0.124. The van der Waals surface area contributed by atoms with Crippen molar-refractivity contribution in [2.75, 3.05) is 20.1 Å². The number of rotatable bonds is 2. The van der Waals surface area contributed by atoms with E-state index in [0.717, 1.165) is 18.0 Å². The first-order chi connectivity index (χ1) is 6.81. The fourth-order valence-corrected chi connectivity index (χ4v) is 3.19. The average Bonchev–Trinajstić information content (AvgIpc) is 2.65. The van der Waals surface area contributed by atoms with Gasteiger partial charge in [0.1, 0.15) is 0 Å². The largest absolute Gasteiger partial charge is 0.317 e. The van der Waals surface area contributed by atoms with Crippen LogP contribution in [0, 0.1) is 5.92 Å². The number of likely N-dealkylation sites (tertiary alicyclic amines) is 1. The number of nitrogens with zero attached hydrogens (tertiary/aromatic N) is 1. The highest BCUT2D eigenvalue weighted by atomic mass is 15.2. The molecule has 1 saturated carbocycles. The highest BCUT2D eigenvalue weighted by Crippen LogP contribution is 2.31. The van der Waals surface area contributed by atoms with Gasteiger partial charge in [0.2, 0.25) is 0 Å². The number of hydrogen-bond acceptors (Lipinski definition) is 2. The molecule has 1 heterocycles. The number of hydrogen-bond donors (Lipinski definition) is 1. The molecule has 1 aliphatic carbocycles. The van der Waals surface area contributed by atoms with Gasteiger partial charge in [0.05, 0.1) is 0 Å². The van der Waals surface area contributed by atoms with Crippen molar-refractivity contribution in [3.05, 3.63) is 0 Å². The van der Waals surface area contributed by atoms with Gasteiger partial charge in [-0.15, -0.1) is 0 Å². The van der Waals surface area contributed by atoms with Gasteiger partial charge in [-0.3, -0.25) is 0 Å². The smallest absolute Gasteiger partial charge is 0.0121 e. The van der Waals surface area contributed by atoms with E-state index >= 15 is 0 Å². The Morgan fingerprint density at radius 3 is 2.29 bits per heavy atom. The molecule has 2 aliphatic rings. The molecule has 1 aliphatic heterocycles. The second-order valence-electron chi connectivity index (χ2n) is 5.07. The zero-order valence-corrected chi connectivity index (χ0v) is 9.63. The third kappa shape index (κ3) is 2.12. The molecule has 0 aromatic rings. The van der Waals surface area contributed by atoms with Gasteiger partial charge < -0.3 is 10.2 Å². The fraction of sp³-hybridized carbons (Fsp3) is 1.00. The van der Waals surface area contributed by atoms with E-state index < -0.39 is 0 Å². The van der Waals surface area contributed by atoms with E-state index in [4.69, 9.17) is 0 Å². The minimum absolute atomic E-state index is 0.781. The van der Waals surface area contributed by atoms with Gasteiger partial charge in [-0.2, -0.15) is 0 Å². The van der Waals surface area contributed by atoms with Crippen LogP contribution in [0.4, 0.5) is 0 Å². The van der Waals surface area contributed by atoms with Gasteiger partial charge in [0.25, 0.3) is 0 Å². The number of nitrogens with one attached hydrogen (secondary N) is 1. The average molecular weight is 196 g/mol. The van der Waals surface area contributed by atoms with Crippen LogP contribution in [0.1, 0.15) is 39.0 Å². The Morgan fingerprint density at radius 2 is 1.79 bits per heavy atom. The maximum atomic E-state index is 3.40. The third-order valence-corrected chi connectivity index (χ3v) is 4.22. The van der Waals surface area contributed by atoms with E-state index in [1.807, 2.05) is 0 Å². The molecular formula is C12H24N2. The summed E-state index contributed by atoms with van der Waals surface area (Å²) >= 11 is 0. The predicted octanol–water partition coefficient (Wildman–Crippen LogP) is 1.86. The van der Waals surface area contributed by atoms with Crippen LogP contribution in [0.15, 0.2) is 0 Å². The molecule has 0 amide bonds. The molecule has 0 aromatic heterocycles. The monoisotopic (exact) mass is 196 g/mol. The maximum Gasteiger partial charge on any atom is 0.0121 e. The first kappa shape index (κ1) is 10.4. The summed E-state index contributed by atoms with van der Waals surface area (Å²) in [5.74, 6) is 0.945. The van der Waals surface area contributed by atoms with Crippen molar-refractivity contribution in [2.45, 2.75) is 51.1 Å². The summed E-state index contributed by atoms with van der Waals surface area (Å²) < 4.78 is 0. The van der Waals surface area contributed by atoms with Gasteiger partial charge in [0, 0.05) is 12.1 Å². The van der Waals surface area contributed by atoms with Crippen molar-refractivity contribution in [2.24, 2.45) is 5.92 Å². The van der Waals surface area contributed by atoms with Crippen LogP contribution in [0.2, 0.25) is 0 Å². The highest BCUT2D eigenvalue weighted by molar-refractivity contribution is 4.86. The van der Waals surface area contributed by atoms with Crippen LogP contribution in [0.5, 0.6) is 0 Å². The van der Waals surface area contributed by atoms with E-state index in [-0.39, 0.29) is 0 Å². The van der Waals surface area contributed by atoms with Gasteiger partial charge in [-0.1, -0.05) is 13.3 Å². The molecule has 2 fully saturated rings. The molecule has 0 radical (unpaired) electrons. The Hall–Kier alpha value is -0.0800. The maximum absolute atomic E-state index is 3.40. The van der Waals surface area contributed by atoms with Crippen LogP contribution < -0.4 is 5.32 Å². The Balaban J connectivity index is 1.82. The zero-order valence-electron chi connectivity index (χ0n) is 9.63. The minimum atomic E-state index is 0.781. The van der Waals surface area contributed by atoms with Crippen LogP contribution in [0.3, 0.4) is 0 Å². The van der Waals surface area contributed by atoms with E-state index in [0.29, 0.717) is 0 Å². The molecule has 2 nitrogen and oxygen atoms in total. The lowest BCUT2D eigenvalue weighted by Gasteiger charge is -2.37. The summed E-state index contributed by atoms with van der Waals surface area (Å²) in [7, 11) is 2.10. The molecule has 14 heavy (non-hydrogen) atoms. The van der Waals surface area contributed by atoms with Crippen molar-refractivity contribution in [1.29, 1.82) is 0 Å². The van der Waals surface area contributed by atoms with E-state index in [1.54, 1.807) is 0 Å². The summed E-state index contributed by atoms with van der Waals surface area (Å²) in [6, 6.07) is 1.69. The standard InChI is InChI=1S/C12H24N2/c1-10-4-3-5-12(10)14-8-6-11(13-2)7-9-14/h10-13H,3-9H2,1-2H3. The highest BCUT2D eigenvalue weighted by Gasteiger charge is 2.30.